The lowest BCUT2D eigenvalue weighted by atomic mass is 10.2. The Morgan fingerprint density at radius 3 is 2.14 bits per heavy atom. The van der Waals surface area contributed by atoms with Crippen LogP contribution in [0.3, 0.4) is 0 Å². The van der Waals surface area contributed by atoms with Crippen molar-refractivity contribution < 1.29 is 14.3 Å². The van der Waals surface area contributed by atoms with Gasteiger partial charge in [0.2, 0.25) is 5.91 Å². The van der Waals surface area contributed by atoms with Gasteiger partial charge in [-0.15, -0.1) is 0 Å². The zero-order chi connectivity index (χ0) is 11.4. The van der Waals surface area contributed by atoms with E-state index in [9.17, 15) is 9.59 Å². The molecule has 0 heterocycles. The molecule has 0 bridgehead atoms. The van der Waals surface area contributed by atoms with Crippen LogP contribution >= 0.6 is 0 Å². The summed E-state index contributed by atoms with van der Waals surface area (Å²) in [5.41, 5.74) is -0.493. The van der Waals surface area contributed by atoms with Crippen LogP contribution in [0.4, 0.5) is 0 Å². The van der Waals surface area contributed by atoms with Gasteiger partial charge in [0.25, 0.3) is 0 Å². The van der Waals surface area contributed by atoms with Crippen LogP contribution in [-0.4, -0.2) is 36.0 Å². The van der Waals surface area contributed by atoms with Gasteiger partial charge < -0.3 is 9.64 Å². The Morgan fingerprint density at radius 2 is 1.79 bits per heavy atom. The molecule has 1 amide bonds. The smallest absolute Gasteiger partial charge is 0.326 e. The molecular weight excluding hydrogens is 182 g/mol. The van der Waals surface area contributed by atoms with Gasteiger partial charge in [-0.1, -0.05) is 6.92 Å². The van der Waals surface area contributed by atoms with E-state index in [-0.39, 0.29) is 18.4 Å². The number of hydrogen-bond donors (Lipinski definition) is 0. The first-order valence-corrected chi connectivity index (χ1v) is 4.72. The van der Waals surface area contributed by atoms with Crippen LogP contribution in [0.15, 0.2) is 0 Å². The summed E-state index contributed by atoms with van der Waals surface area (Å²) in [6.45, 7) is 7.17. The molecule has 0 aromatic carbocycles. The van der Waals surface area contributed by atoms with Gasteiger partial charge in [0.1, 0.15) is 12.1 Å². The highest BCUT2D eigenvalue weighted by Gasteiger charge is 2.18. The summed E-state index contributed by atoms with van der Waals surface area (Å²) in [6.07, 6.45) is 0.402. The zero-order valence-electron chi connectivity index (χ0n) is 9.59. The molecule has 0 aromatic heterocycles. The SMILES string of the molecule is CCC(=O)N(C)CC(=O)OC(C)(C)C. The average molecular weight is 201 g/mol. The van der Waals surface area contributed by atoms with E-state index in [0.29, 0.717) is 6.42 Å². The van der Waals surface area contributed by atoms with Crippen LogP contribution in [0.5, 0.6) is 0 Å². The van der Waals surface area contributed by atoms with Crippen molar-refractivity contribution in [3.05, 3.63) is 0 Å². The third-order valence-electron chi connectivity index (χ3n) is 1.51. The lowest BCUT2D eigenvalue weighted by Gasteiger charge is -2.22. The number of amides is 1. The third kappa shape index (κ3) is 5.56. The number of nitrogens with zero attached hydrogens (tertiary/aromatic N) is 1. The van der Waals surface area contributed by atoms with E-state index in [1.807, 2.05) is 0 Å². The fourth-order valence-electron chi connectivity index (χ4n) is 0.926. The molecule has 0 fully saturated rings. The summed E-state index contributed by atoms with van der Waals surface area (Å²) in [4.78, 5) is 23.8. The lowest BCUT2D eigenvalue weighted by molar-refractivity contribution is -0.158. The number of carbonyl (C=O) groups is 2. The van der Waals surface area contributed by atoms with Crippen LogP contribution in [0.25, 0.3) is 0 Å². The molecule has 0 aliphatic carbocycles. The highest BCUT2D eigenvalue weighted by Crippen LogP contribution is 2.07. The van der Waals surface area contributed by atoms with Crippen LogP contribution in [0.2, 0.25) is 0 Å². The second-order valence-corrected chi connectivity index (χ2v) is 4.19. The van der Waals surface area contributed by atoms with Gasteiger partial charge in [-0.25, -0.2) is 0 Å². The van der Waals surface area contributed by atoms with E-state index in [1.54, 1.807) is 34.7 Å². The molecule has 0 aliphatic rings. The minimum absolute atomic E-state index is 0.0178. The minimum Gasteiger partial charge on any atom is -0.459 e. The maximum atomic E-state index is 11.3. The molecule has 0 atom stereocenters. The van der Waals surface area contributed by atoms with E-state index in [4.69, 9.17) is 4.74 Å². The Bertz CT molecular complexity index is 218. The Labute approximate surface area is 85.2 Å². The second kappa shape index (κ2) is 4.98. The molecule has 0 N–H and O–H groups in total. The van der Waals surface area contributed by atoms with E-state index < -0.39 is 5.60 Å². The van der Waals surface area contributed by atoms with Crippen molar-refractivity contribution in [3.8, 4) is 0 Å². The van der Waals surface area contributed by atoms with E-state index in [1.165, 1.54) is 4.90 Å². The van der Waals surface area contributed by atoms with Crippen LogP contribution in [0, 0.1) is 0 Å². The molecule has 0 rings (SSSR count). The van der Waals surface area contributed by atoms with Crippen molar-refractivity contribution in [2.45, 2.75) is 39.7 Å². The standard InChI is InChI=1S/C10H19NO3/c1-6-8(12)11(5)7-9(13)14-10(2,3)4/h6-7H2,1-5H3. The van der Waals surface area contributed by atoms with Crippen molar-refractivity contribution in [2.75, 3.05) is 13.6 Å². The summed E-state index contributed by atoms with van der Waals surface area (Å²) in [6, 6.07) is 0. The fourth-order valence-corrected chi connectivity index (χ4v) is 0.926. The summed E-state index contributed by atoms with van der Waals surface area (Å²) in [5, 5.41) is 0. The van der Waals surface area contributed by atoms with Gasteiger partial charge in [-0.3, -0.25) is 9.59 Å². The highest BCUT2D eigenvalue weighted by molar-refractivity contribution is 5.81. The van der Waals surface area contributed by atoms with Gasteiger partial charge in [0.15, 0.2) is 0 Å². The van der Waals surface area contributed by atoms with E-state index in [2.05, 4.69) is 0 Å². The van der Waals surface area contributed by atoms with E-state index in [0.717, 1.165) is 0 Å². The number of ether oxygens (including phenoxy) is 1. The predicted molar refractivity (Wildman–Crippen MR) is 53.8 cm³/mol. The van der Waals surface area contributed by atoms with Crippen LogP contribution in [-0.2, 0) is 14.3 Å². The Kier molecular flexibility index (Phi) is 4.60. The molecule has 0 saturated carbocycles. The molecule has 0 aliphatic heterocycles. The Balaban J connectivity index is 4.01. The molecule has 0 unspecified atom stereocenters. The van der Waals surface area contributed by atoms with E-state index >= 15 is 0 Å². The number of rotatable bonds is 3. The molecular formula is C10H19NO3. The maximum Gasteiger partial charge on any atom is 0.326 e. The number of hydrogen-bond acceptors (Lipinski definition) is 3. The van der Waals surface area contributed by atoms with Gasteiger partial charge in [-0.05, 0) is 20.8 Å². The maximum absolute atomic E-state index is 11.3. The fraction of sp³-hybridized carbons (Fsp3) is 0.800. The first kappa shape index (κ1) is 12.9. The average Bonchev–Trinajstić information content (AvgIpc) is 1.99. The third-order valence-corrected chi connectivity index (χ3v) is 1.51. The van der Waals surface area contributed by atoms with Crippen LogP contribution in [0.1, 0.15) is 34.1 Å². The Hall–Kier alpha value is -1.06. The van der Waals surface area contributed by atoms with Gasteiger partial charge >= 0.3 is 5.97 Å². The molecule has 0 aromatic rings. The van der Waals surface area contributed by atoms with Gasteiger partial charge in [0, 0.05) is 13.5 Å². The monoisotopic (exact) mass is 201 g/mol. The molecule has 0 spiro atoms. The second-order valence-electron chi connectivity index (χ2n) is 4.19. The highest BCUT2D eigenvalue weighted by atomic mass is 16.6. The predicted octanol–water partition coefficient (Wildman–Crippen LogP) is 1.20. The lowest BCUT2D eigenvalue weighted by Crippen LogP contribution is -2.35. The zero-order valence-corrected chi connectivity index (χ0v) is 9.59. The molecule has 4 nitrogen and oxygen atoms in total. The summed E-state index contributed by atoms with van der Waals surface area (Å²) in [7, 11) is 1.59. The quantitative estimate of drug-likeness (QED) is 0.644. The Morgan fingerprint density at radius 1 is 1.29 bits per heavy atom. The minimum atomic E-state index is -0.493. The number of likely N-dealkylation sites (N-methyl/N-ethyl adjacent to an activating group) is 1. The van der Waals surface area contributed by atoms with Crippen molar-refractivity contribution in [3.63, 3.8) is 0 Å². The topological polar surface area (TPSA) is 46.6 Å². The van der Waals surface area contributed by atoms with Gasteiger partial charge in [0.05, 0.1) is 0 Å². The molecule has 14 heavy (non-hydrogen) atoms. The van der Waals surface area contributed by atoms with Crippen molar-refractivity contribution in [1.82, 2.24) is 4.90 Å². The summed E-state index contributed by atoms with van der Waals surface area (Å²) in [5.74, 6) is -0.433. The largest absolute Gasteiger partial charge is 0.459 e. The summed E-state index contributed by atoms with van der Waals surface area (Å²) < 4.78 is 5.07. The molecule has 0 saturated heterocycles. The first-order valence-electron chi connectivity index (χ1n) is 4.72. The van der Waals surface area contributed by atoms with Gasteiger partial charge in [-0.2, -0.15) is 0 Å². The van der Waals surface area contributed by atoms with Crippen molar-refractivity contribution in [2.24, 2.45) is 0 Å². The van der Waals surface area contributed by atoms with Crippen molar-refractivity contribution >= 4 is 11.9 Å². The number of esters is 1. The molecule has 4 heteroatoms. The normalized spacial score (nSPS) is 10.9. The van der Waals surface area contributed by atoms with Crippen molar-refractivity contribution in [1.29, 1.82) is 0 Å². The summed E-state index contributed by atoms with van der Waals surface area (Å²) >= 11 is 0. The number of carbonyl (C=O) groups excluding carboxylic acids is 2. The van der Waals surface area contributed by atoms with Crippen LogP contribution < -0.4 is 0 Å². The first-order chi connectivity index (χ1) is 6.26. The molecule has 82 valence electrons. The molecule has 0 radical (unpaired) electrons.